The van der Waals surface area contributed by atoms with E-state index in [0.717, 1.165) is 0 Å². The van der Waals surface area contributed by atoms with Crippen molar-refractivity contribution in [1.82, 2.24) is 0 Å². The molecule has 2 heteroatoms. The SMILES string of the molecule is C=CCOC(C)CC#N. The molecule has 0 aliphatic carbocycles. The lowest BCUT2D eigenvalue weighted by Gasteiger charge is -2.04. The normalized spacial score (nSPS) is 12.0. The lowest BCUT2D eigenvalue weighted by molar-refractivity contribution is 0.0921. The van der Waals surface area contributed by atoms with Crippen LogP contribution in [0.15, 0.2) is 12.7 Å². The van der Waals surface area contributed by atoms with Crippen LogP contribution in [0.25, 0.3) is 0 Å². The fraction of sp³-hybridized carbons (Fsp3) is 0.571. The second-order valence-corrected chi connectivity index (χ2v) is 1.79. The van der Waals surface area contributed by atoms with E-state index < -0.39 is 0 Å². The molecule has 0 aliphatic rings. The third-order valence-corrected chi connectivity index (χ3v) is 0.877. The van der Waals surface area contributed by atoms with E-state index in [2.05, 4.69) is 6.58 Å². The average molecular weight is 125 g/mol. The summed E-state index contributed by atoms with van der Waals surface area (Å²) in [7, 11) is 0. The first-order chi connectivity index (χ1) is 4.31. The highest BCUT2D eigenvalue weighted by Crippen LogP contribution is 1.94. The Morgan fingerprint density at radius 2 is 2.56 bits per heavy atom. The van der Waals surface area contributed by atoms with Gasteiger partial charge < -0.3 is 4.74 Å². The van der Waals surface area contributed by atoms with Gasteiger partial charge in [-0.25, -0.2) is 0 Å². The number of rotatable bonds is 4. The molecule has 0 rings (SSSR count). The quantitative estimate of drug-likeness (QED) is 0.533. The van der Waals surface area contributed by atoms with Gasteiger partial charge in [-0.2, -0.15) is 5.26 Å². The summed E-state index contributed by atoms with van der Waals surface area (Å²) < 4.78 is 5.09. The van der Waals surface area contributed by atoms with Crippen molar-refractivity contribution in [3.05, 3.63) is 12.7 Å². The molecule has 0 radical (unpaired) electrons. The van der Waals surface area contributed by atoms with Crippen molar-refractivity contribution < 1.29 is 4.74 Å². The van der Waals surface area contributed by atoms with E-state index in [0.29, 0.717) is 13.0 Å². The summed E-state index contributed by atoms with van der Waals surface area (Å²) in [5, 5.41) is 8.18. The minimum absolute atomic E-state index is 0.0352. The second-order valence-electron chi connectivity index (χ2n) is 1.79. The van der Waals surface area contributed by atoms with E-state index in [1.165, 1.54) is 0 Å². The van der Waals surface area contributed by atoms with Crippen molar-refractivity contribution in [3.63, 3.8) is 0 Å². The highest BCUT2D eigenvalue weighted by Gasteiger charge is 1.96. The van der Waals surface area contributed by atoms with Crippen LogP contribution in [0.3, 0.4) is 0 Å². The number of ether oxygens (including phenoxy) is 1. The smallest absolute Gasteiger partial charge is 0.0681 e. The predicted octanol–water partition coefficient (Wildman–Crippen LogP) is 1.49. The Bertz CT molecular complexity index is 115. The molecule has 0 fully saturated rings. The molecular formula is C7H11NO. The molecule has 1 atom stereocenters. The highest BCUT2D eigenvalue weighted by molar-refractivity contribution is 4.74. The molecule has 0 spiro atoms. The van der Waals surface area contributed by atoms with E-state index in [1.54, 1.807) is 6.08 Å². The molecule has 0 aliphatic heterocycles. The summed E-state index contributed by atoms with van der Waals surface area (Å²) >= 11 is 0. The van der Waals surface area contributed by atoms with Crippen molar-refractivity contribution >= 4 is 0 Å². The maximum atomic E-state index is 8.18. The maximum Gasteiger partial charge on any atom is 0.0681 e. The van der Waals surface area contributed by atoms with Gasteiger partial charge in [0, 0.05) is 0 Å². The van der Waals surface area contributed by atoms with Gasteiger partial charge in [0.05, 0.1) is 25.2 Å². The van der Waals surface area contributed by atoms with Crippen molar-refractivity contribution in [2.75, 3.05) is 6.61 Å². The second kappa shape index (κ2) is 5.33. The average Bonchev–Trinajstić information content (AvgIpc) is 1.85. The van der Waals surface area contributed by atoms with Crippen LogP contribution < -0.4 is 0 Å². The molecule has 50 valence electrons. The highest BCUT2D eigenvalue weighted by atomic mass is 16.5. The minimum Gasteiger partial charge on any atom is -0.373 e. The van der Waals surface area contributed by atoms with Crippen molar-refractivity contribution in [2.45, 2.75) is 19.4 Å². The van der Waals surface area contributed by atoms with Crippen LogP contribution >= 0.6 is 0 Å². The molecule has 1 unspecified atom stereocenters. The van der Waals surface area contributed by atoms with Crippen LogP contribution in [0.5, 0.6) is 0 Å². The summed E-state index contributed by atoms with van der Waals surface area (Å²) in [5.74, 6) is 0. The van der Waals surface area contributed by atoms with Gasteiger partial charge in [0.25, 0.3) is 0 Å². The standard InChI is InChI=1S/C7H11NO/c1-3-6-9-7(2)4-5-8/h3,7H,1,4,6H2,2H3. The summed E-state index contributed by atoms with van der Waals surface area (Å²) in [4.78, 5) is 0. The van der Waals surface area contributed by atoms with Gasteiger partial charge >= 0.3 is 0 Å². The molecule has 0 saturated carbocycles. The van der Waals surface area contributed by atoms with Crippen LogP contribution in [0.2, 0.25) is 0 Å². The fourth-order valence-corrected chi connectivity index (χ4v) is 0.420. The molecule has 0 aromatic carbocycles. The Morgan fingerprint density at radius 3 is 3.00 bits per heavy atom. The van der Waals surface area contributed by atoms with Crippen LogP contribution in [-0.2, 0) is 4.74 Å². The Labute approximate surface area is 55.7 Å². The van der Waals surface area contributed by atoms with E-state index >= 15 is 0 Å². The number of hydrogen-bond acceptors (Lipinski definition) is 2. The zero-order chi connectivity index (χ0) is 7.11. The van der Waals surface area contributed by atoms with Crippen LogP contribution in [-0.4, -0.2) is 12.7 Å². The largest absolute Gasteiger partial charge is 0.373 e. The molecule has 0 heterocycles. The van der Waals surface area contributed by atoms with E-state index in [4.69, 9.17) is 10.00 Å². The first-order valence-corrected chi connectivity index (χ1v) is 2.90. The molecule has 9 heavy (non-hydrogen) atoms. The Balaban J connectivity index is 3.17. The summed E-state index contributed by atoms with van der Waals surface area (Å²) in [6.45, 7) is 5.88. The van der Waals surface area contributed by atoms with Crippen molar-refractivity contribution in [1.29, 1.82) is 5.26 Å². The molecule has 2 nitrogen and oxygen atoms in total. The number of nitrogens with zero attached hydrogens (tertiary/aromatic N) is 1. The molecule has 0 N–H and O–H groups in total. The fourth-order valence-electron chi connectivity index (χ4n) is 0.420. The van der Waals surface area contributed by atoms with Crippen molar-refractivity contribution in [3.8, 4) is 6.07 Å². The zero-order valence-electron chi connectivity index (χ0n) is 5.63. The summed E-state index contributed by atoms with van der Waals surface area (Å²) in [6, 6.07) is 2.02. The third kappa shape index (κ3) is 5.05. The van der Waals surface area contributed by atoms with Gasteiger partial charge in [0.15, 0.2) is 0 Å². The molecule has 0 amide bonds. The third-order valence-electron chi connectivity index (χ3n) is 0.877. The van der Waals surface area contributed by atoms with Crippen molar-refractivity contribution in [2.24, 2.45) is 0 Å². The van der Waals surface area contributed by atoms with Gasteiger partial charge in [-0.15, -0.1) is 6.58 Å². The van der Waals surface area contributed by atoms with Gasteiger partial charge in [-0.1, -0.05) is 6.08 Å². The molecule has 0 aromatic heterocycles. The molecule has 0 bridgehead atoms. The Morgan fingerprint density at radius 1 is 1.89 bits per heavy atom. The Hall–Kier alpha value is -0.810. The molecule has 0 saturated heterocycles. The lowest BCUT2D eigenvalue weighted by atomic mass is 10.3. The number of hydrogen-bond donors (Lipinski definition) is 0. The number of nitriles is 1. The Kier molecular flexibility index (Phi) is 4.85. The van der Waals surface area contributed by atoms with Gasteiger partial charge in [0.2, 0.25) is 0 Å². The van der Waals surface area contributed by atoms with Gasteiger partial charge in [0.1, 0.15) is 0 Å². The van der Waals surface area contributed by atoms with Gasteiger partial charge in [-0.3, -0.25) is 0 Å². The lowest BCUT2D eigenvalue weighted by Crippen LogP contribution is -2.06. The van der Waals surface area contributed by atoms with Crippen LogP contribution in [0, 0.1) is 11.3 Å². The predicted molar refractivity (Wildman–Crippen MR) is 35.8 cm³/mol. The topological polar surface area (TPSA) is 33.0 Å². The summed E-state index contributed by atoms with van der Waals surface area (Å²) in [5.41, 5.74) is 0. The van der Waals surface area contributed by atoms with E-state index in [-0.39, 0.29) is 6.10 Å². The van der Waals surface area contributed by atoms with Crippen LogP contribution in [0.1, 0.15) is 13.3 Å². The molecular weight excluding hydrogens is 114 g/mol. The first kappa shape index (κ1) is 8.19. The van der Waals surface area contributed by atoms with Crippen LogP contribution in [0.4, 0.5) is 0 Å². The zero-order valence-corrected chi connectivity index (χ0v) is 5.63. The maximum absolute atomic E-state index is 8.18. The van der Waals surface area contributed by atoms with E-state index in [1.807, 2.05) is 13.0 Å². The molecule has 0 aromatic rings. The monoisotopic (exact) mass is 125 g/mol. The minimum atomic E-state index is 0.0352. The summed E-state index contributed by atoms with van der Waals surface area (Å²) in [6.07, 6.45) is 2.16. The first-order valence-electron chi connectivity index (χ1n) is 2.90. The van der Waals surface area contributed by atoms with E-state index in [9.17, 15) is 0 Å². The van der Waals surface area contributed by atoms with Gasteiger partial charge in [-0.05, 0) is 6.92 Å².